The number of carbonyl (C=O) groups excluding carboxylic acids is 1. The van der Waals surface area contributed by atoms with Gasteiger partial charge in [0, 0.05) is 19.0 Å². The Hall–Kier alpha value is -1.91. The van der Waals surface area contributed by atoms with Gasteiger partial charge in [-0.05, 0) is 37.5 Å². The van der Waals surface area contributed by atoms with E-state index >= 15 is 0 Å². The van der Waals surface area contributed by atoms with Gasteiger partial charge in [0.15, 0.2) is 0 Å². The molecule has 0 aromatic heterocycles. The number of nitrogens with zero attached hydrogens (tertiary/aromatic N) is 2. The maximum atomic E-state index is 11.5. The normalized spacial score (nSPS) is 13.7. The molecule has 1 heterocycles. The summed E-state index contributed by atoms with van der Waals surface area (Å²) in [6.07, 6.45) is 0.696. The number of amides is 1. The second-order valence-electron chi connectivity index (χ2n) is 4.36. The minimum absolute atomic E-state index is 0.0679. The van der Waals surface area contributed by atoms with Crippen molar-refractivity contribution in [1.82, 2.24) is 0 Å². The first-order valence-electron chi connectivity index (χ1n) is 5.49. The van der Waals surface area contributed by atoms with Crippen molar-refractivity contribution in [3.63, 3.8) is 0 Å². The number of hydrogen-bond acceptors (Lipinski definition) is 3. The molecule has 0 radical (unpaired) electrons. The van der Waals surface area contributed by atoms with Crippen LogP contribution in [0.4, 0.5) is 11.4 Å². The van der Waals surface area contributed by atoms with Crippen molar-refractivity contribution in [2.45, 2.75) is 27.2 Å². The van der Waals surface area contributed by atoms with Crippen LogP contribution in [0.25, 0.3) is 0 Å². The molecule has 1 aliphatic heterocycles. The lowest BCUT2D eigenvalue weighted by Gasteiger charge is -2.16. The van der Waals surface area contributed by atoms with Crippen molar-refractivity contribution in [2.75, 3.05) is 11.4 Å². The lowest BCUT2D eigenvalue weighted by molar-refractivity contribution is -0.384. The lowest BCUT2D eigenvalue weighted by Crippen LogP contribution is -2.26. The molecule has 0 spiro atoms. The Morgan fingerprint density at radius 2 is 2.06 bits per heavy atom. The second-order valence-corrected chi connectivity index (χ2v) is 4.36. The van der Waals surface area contributed by atoms with Crippen molar-refractivity contribution in [2.24, 2.45) is 0 Å². The number of rotatable bonds is 1. The first kappa shape index (κ1) is 11.6. The number of aryl methyl sites for hydroxylation is 2. The number of anilines is 1. The van der Waals surface area contributed by atoms with Gasteiger partial charge < -0.3 is 4.90 Å². The smallest absolute Gasteiger partial charge is 0.296 e. The molecule has 1 aliphatic rings. The molecule has 0 aliphatic carbocycles. The average Bonchev–Trinajstić information content (AvgIpc) is 2.61. The number of fused-ring (bicyclic) bond motifs is 1. The van der Waals surface area contributed by atoms with Gasteiger partial charge in [-0.3, -0.25) is 14.9 Å². The van der Waals surface area contributed by atoms with Crippen molar-refractivity contribution >= 4 is 17.3 Å². The molecule has 5 heteroatoms. The molecule has 2 rings (SSSR count). The molecular formula is C12H14N2O3. The number of hydrogen-bond donors (Lipinski definition) is 0. The SMILES string of the molecule is CC(=O)N1CCc2c(C)cc(C)c([N+](=O)[O-])c21. The Morgan fingerprint density at radius 1 is 1.41 bits per heavy atom. The summed E-state index contributed by atoms with van der Waals surface area (Å²) in [5.41, 5.74) is 3.13. The van der Waals surface area contributed by atoms with Crippen molar-refractivity contribution < 1.29 is 9.72 Å². The Bertz CT molecular complexity index is 523. The van der Waals surface area contributed by atoms with Gasteiger partial charge in [-0.25, -0.2) is 0 Å². The number of nitro groups is 1. The van der Waals surface area contributed by atoms with Crippen LogP contribution in [0, 0.1) is 24.0 Å². The first-order chi connectivity index (χ1) is 7.93. The zero-order chi connectivity index (χ0) is 12.7. The fourth-order valence-corrected chi connectivity index (χ4v) is 2.48. The van der Waals surface area contributed by atoms with Crippen LogP contribution in [0.15, 0.2) is 6.07 Å². The molecule has 0 fully saturated rings. The molecule has 0 saturated carbocycles. The van der Waals surface area contributed by atoms with Crippen LogP contribution in [0.1, 0.15) is 23.6 Å². The summed E-state index contributed by atoms with van der Waals surface area (Å²) in [7, 11) is 0. The molecule has 0 unspecified atom stereocenters. The topological polar surface area (TPSA) is 63.5 Å². The van der Waals surface area contributed by atoms with Gasteiger partial charge in [0.1, 0.15) is 5.69 Å². The van der Waals surface area contributed by atoms with Gasteiger partial charge in [0.2, 0.25) is 5.91 Å². The van der Waals surface area contributed by atoms with E-state index in [9.17, 15) is 14.9 Å². The summed E-state index contributed by atoms with van der Waals surface area (Å²) in [4.78, 5) is 23.8. The van der Waals surface area contributed by atoms with Gasteiger partial charge in [0.25, 0.3) is 5.69 Å². The molecule has 0 bridgehead atoms. The number of carbonyl (C=O) groups is 1. The zero-order valence-corrected chi connectivity index (χ0v) is 10.1. The summed E-state index contributed by atoms with van der Waals surface area (Å²) >= 11 is 0. The molecular weight excluding hydrogens is 220 g/mol. The Balaban J connectivity index is 2.74. The quantitative estimate of drug-likeness (QED) is 0.552. The molecule has 17 heavy (non-hydrogen) atoms. The van der Waals surface area contributed by atoms with E-state index in [0.717, 1.165) is 11.1 Å². The average molecular weight is 234 g/mol. The van der Waals surface area contributed by atoms with Crippen LogP contribution < -0.4 is 4.90 Å². The molecule has 0 N–H and O–H groups in total. The predicted octanol–water partition coefficient (Wildman–Crippen LogP) is 2.12. The minimum Gasteiger partial charge on any atom is -0.306 e. The summed E-state index contributed by atoms with van der Waals surface area (Å²) in [6, 6.07) is 1.82. The van der Waals surface area contributed by atoms with E-state index in [1.165, 1.54) is 11.8 Å². The van der Waals surface area contributed by atoms with Gasteiger partial charge in [-0.1, -0.05) is 0 Å². The van der Waals surface area contributed by atoms with Crippen LogP contribution in [-0.2, 0) is 11.2 Å². The van der Waals surface area contributed by atoms with E-state index in [-0.39, 0.29) is 11.6 Å². The third-order valence-electron chi connectivity index (χ3n) is 3.21. The predicted molar refractivity (Wildman–Crippen MR) is 64.3 cm³/mol. The van der Waals surface area contributed by atoms with Crippen LogP contribution in [-0.4, -0.2) is 17.4 Å². The van der Waals surface area contributed by atoms with E-state index < -0.39 is 4.92 Å². The highest BCUT2D eigenvalue weighted by Crippen LogP contribution is 2.41. The fraction of sp³-hybridized carbons (Fsp3) is 0.417. The van der Waals surface area contributed by atoms with Crippen LogP contribution >= 0.6 is 0 Å². The summed E-state index contributed by atoms with van der Waals surface area (Å²) < 4.78 is 0. The molecule has 0 saturated heterocycles. The van der Waals surface area contributed by atoms with Crippen molar-refractivity contribution in [3.05, 3.63) is 32.9 Å². The Labute approximate surface area is 99.2 Å². The molecule has 5 nitrogen and oxygen atoms in total. The standard InChI is InChI=1S/C12H14N2O3/c1-7-6-8(2)11(14(16)17)12-10(7)4-5-13(12)9(3)15/h6H,4-5H2,1-3H3. The fourth-order valence-electron chi connectivity index (χ4n) is 2.48. The van der Waals surface area contributed by atoms with Gasteiger partial charge in [-0.15, -0.1) is 0 Å². The first-order valence-corrected chi connectivity index (χ1v) is 5.49. The molecule has 1 aromatic rings. The van der Waals surface area contributed by atoms with Crippen LogP contribution in [0.3, 0.4) is 0 Å². The van der Waals surface area contributed by atoms with Crippen molar-refractivity contribution in [1.29, 1.82) is 0 Å². The van der Waals surface area contributed by atoms with E-state index in [0.29, 0.717) is 24.2 Å². The highest BCUT2D eigenvalue weighted by molar-refractivity contribution is 5.97. The number of benzene rings is 1. The zero-order valence-electron chi connectivity index (χ0n) is 10.1. The van der Waals surface area contributed by atoms with Crippen LogP contribution in [0.2, 0.25) is 0 Å². The van der Waals surface area contributed by atoms with E-state index in [2.05, 4.69) is 0 Å². The maximum absolute atomic E-state index is 11.5. The maximum Gasteiger partial charge on any atom is 0.296 e. The summed E-state index contributed by atoms with van der Waals surface area (Å²) in [6.45, 7) is 5.62. The number of nitro benzene ring substituents is 1. The van der Waals surface area contributed by atoms with Gasteiger partial charge in [-0.2, -0.15) is 0 Å². The van der Waals surface area contributed by atoms with E-state index in [1.807, 2.05) is 13.0 Å². The van der Waals surface area contributed by atoms with Crippen LogP contribution in [0.5, 0.6) is 0 Å². The second kappa shape index (κ2) is 3.84. The largest absolute Gasteiger partial charge is 0.306 e. The lowest BCUT2D eigenvalue weighted by atomic mass is 10.0. The molecule has 1 aromatic carbocycles. The van der Waals surface area contributed by atoms with E-state index in [1.54, 1.807) is 6.92 Å². The highest BCUT2D eigenvalue weighted by Gasteiger charge is 2.33. The Morgan fingerprint density at radius 3 is 2.59 bits per heavy atom. The molecule has 1 amide bonds. The highest BCUT2D eigenvalue weighted by atomic mass is 16.6. The Kier molecular flexibility index (Phi) is 2.61. The molecule has 0 atom stereocenters. The minimum atomic E-state index is -0.394. The monoisotopic (exact) mass is 234 g/mol. The third kappa shape index (κ3) is 1.67. The summed E-state index contributed by atoms with van der Waals surface area (Å²) in [5, 5.41) is 11.1. The van der Waals surface area contributed by atoms with E-state index in [4.69, 9.17) is 0 Å². The van der Waals surface area contributed by atoms with Crippen molar-refractivity contribution in [3.8, 4) is 0 Å². The van der Waals surface area contributed by atoms with Gasteiger partial charge in [0.05, 0.1) is 4.92 Å². The third-order valence-corrected chi connectivity index (χ3v) is 3.21. The molecule has 90 valence electrons. The summed E-state index contributed by atoms with van der Waals surface area (Å²) in [5.74, 6) is -0.142. The van der Waals surface area contributed by atoms with Gasteiger partial charge >= 0.3 is 0 Å².